The van der Waals surface area contributed by atoms with E-state index in [-0.39, 0.29) is 36.0 Å². The molecule has 2 saturated heterocycles. The summed E-state index contributed by atoms with van der Waals surface area (Å²) in [6.45, 7) is 3.40. The van der Waals surface area contributed by atoms with Crippen LogP contribution in [0.5, 0.6) is 0 Å². The number of carboxylic acids is 1. The molecule has 1 atom stereocenters. The number of aliphatic carboxylic acids is 1. The van der Waals surface area contributed by atoms with Gasteiger partial charge in [-0.3, -0.25) is 19.5 Å². The number of likely N-dealkylation sites (tertiary alicyclic amines) is 1. The smallest absolute Gasteiger partial charge is 0.321 e. The third kappa shape index (κ3) is 6.87. The molecule has 1 aromatic carbocycles. The van der Waals surface area contributed by atoms with Crippen molar-refractivity contribution >= 4 is 17.9 Å². The van der Waals surface area contributed by atoms with Gasteiger partial charge in [-0.05, 0) is 68.6 Å². The van der Waals surface area contributed by atoms with Gasteiger partial charge in [0.2, 0.25) is 0 Å². The van der Waals surface area contributed by atoms with E-state index in [1.165, 1.54) is 24.8 Å². The maximum atomic E-state index is 13.9. The summed E-state index contributed by atoms with van der Waals surface area (Å²) in [5, 5.41) is 12.2. The Morgan fingerprint density at radius 2 is 1.58 bits per heavy atom. The number of hydrogen-bond acceptors (Lipinski definition) is 5. The molecule has 3 amide bonds. The van der Waals surface area contributed by atoms with Gasteiger partial charge in [-0.15, -0.1) is 0 Å². The lowest BCUT2D eigenvalue weighted by atomic mass is 9.86. The van der Waals surface area contributed by atoms with Gasteiger partial charge in [-0.2, -0.15) is 0 Å². The normalized spacial score (nSPS) is 26.0. The topological polar surface area (TPSA) is 106 Å². The predicted molar refractivity (Wildman–Crippen MR) is 163 cm³/mol. The second-order valence-electron chi connectivity index (χ2n) is 13.0. The first kappa shape index (κ1) is 29.6. The minimum absolute atomic E-state index is 0.00425. The van der Waals surface area contributed by atoms with E-state index in [4.69, 9.17) is 0 Å². The fraction of sp³-hybridized carbons (Fsp3) is 0.588. The Bertz CT molecular complexity index is 1250. The molecular formula is C34H45N5O4. The molecule has 1 unspecified atom stereocenters. The fourth-order valence-electron chi connectivity index (χ4n) is 7.69. The Kier molecular flexibility index (Phi) is 9.26. The fourth-order valence-corrected chi connectivity index (χ4v) is 7.69. The molecule has 6 rings (SSSR count). The minimum Gasteiger partial charge on any atom is -0.481 e. The molecular weight excluding hydrogens is 542 g/mol. The second-order valence-corrected chi connectivity index (χ2v) is 13.0. The molecule has 43 heavy (non-hydrogen) atoms. The summed E-state index contributed by atoms with van der Waals surface area (Å²) < 4.78 is 0. The molecule has 9 heteroatoms. The van der Waals surface area contributed by atoms with Gasteiger partial charge in [0.25, 0.3) is 5.91 Å². The van der Waals surface area contributed by atoms with Crippen LogP contribution >= 0.6 is 0 Å². The summed E-state index contributed by atoms with van der Waals surface area (Å²) in [5.74, 6) is -1.24. The molecule has 3 heterocycles. The van der Waals surface area contributed by atoms with Gasteiger partial charge in [-0.1, -0.05) is 55.7 Å². The van der Waals surface area contributed by atoms with Crippen LogP contribution < -0.4 is 5.32 Å². The van der Waals surface area contributed by atoms with Crippen LogP contribution in [0.1, 0.15) is 98.3 Å². The van der Waals surface area contributed by atoms with Crippen molar-refractivity contribution < 1.29 is 19.5 Å². The highest BCUT2D eigenvalue weighted by molar-refractivity contribution is 5.92. The number of rotatable bonds is 8. The van der Waals surface area contributed by atoms with Crippen molar-refractivity contribution in [1.82, 2.24) is 25.0 Å². The standard InChI is InChI=1S/C34H45N5O4/c40-32(36-27-14-12-26(13-15-27)33(41)42)30-16-11-24(21-35-30)22-37-19-17-29(18-20-37)39-31(25-7-3-1-4-8-25)23-38(34(39)43)28-9-5-2-6-10-28/h1,3-4,7-8,11,16,21,26-29,31H,2,5-6,9-10,12-15,17-20,22-23H2,(H,36,40)(H,41,42)/t26-,27+,31?. The van der Waals surface area contributed by atoms with E-state index in [2.05, 4.69) is 49.3 Å². The van der Waals surface area contributed by atoms with Gasteiger partial charge in [0.05, 0.1) is 12.0 Å². The highest BCUT2D eigenvalue weighted by atomic mass is 16.4. The lowest BCUT2D eigenvalue weighted by Crippen LogP contribution is -2.48. The molecule has 2 aliphatic carbocycles. The van der Waals surface area contributed by atoms with Gasteiger partial charge >= 0.3 is 12.0 Å². The van der Waals surface area contributed by atoms with Gasteiger partial charge in [0.15, 0.2) is 0 Å². The van der Waals surface area contributed by atoms with Gasteiger partial charge in [0, 0.05) is 50.5 Å². The van der Waals surface area contributed by atoms with Crippen LogP contribution in [0.15, 0.2) is 48.7 Å². The minimum atomic E-state index is -0.742. The first-order chi connectivity index (χ1) is 21.0. The number of amides is 3. The number of carbonyl (C=O) groups excluding carboxylic acids is 2. The SMILES string of the molecule is O=C(N[C@H]1CC[C@@H](C(=O)O)CC1)c1ccc(CN2CCC(N3C(=O)N(C4CCCCC4)CC3c3ccccc3)CC2)cn1. The molecule has 2 saturated carbocycles. The average molecular weight is 588 g/mol. The Labute approximate surface area is 254 Å². The van der Waals surface area contributed by atoms with Crippen LogP contribution in [-0.2, 0) is 11.3 Å². The molecule has 2 N–H and O–H groups in total. The summed E-state index contributed by atoms with van der Waals surface area (Å²) >= 11 is 0. The van der Waals surface area contributed by atoms with E-state index < -0.39 is 5.97 Å². The molecule has 230 valence electrons. The number of urea groups is 1. The van der Waals surface area contributed by atoms with Crippen molar-refractivity contribution in [2.75, 3.05) is 19.6 Å². The van der Waals surface area contributed by atoms with Crippen LogP contribution in [0.25, 0.3) is 0 Å². The lowest BCUT2D eigenvalue weighted by molar-refractivity contribution is -0.142. The van der Waals surface area contributed by atoms with Crippen molar-refractivity contribution in [3.63, 3.8) is 0 Å². The number of nitrogens with zero attached hydrogens (tertiary/aromatic N) is 4. The van der Waals surface area contributed by atoms with Gasteiger partial charge in [-0.25, -0.2) is 4.79 Å². The number of aromatic nitrogens is 1. The number of piperidine rings is 1. The molecule has 1 aromatic heterocycles. The Morgan fingerprint density at radius 1 is 0.860 bits per heavy atom. The van der Waals surface area contributed by atoms with Crippen molar-refractivity contribution in [3.8, 4) is 0 Å². The van der Waals surface area contributed by atoms with Crippen molar-refractivity contribution in [2.45, 2.75) is 101 Å². The highest BCUT2D eigenvalue weighted by Gasteiger charge is 2.45. The first-order valence-electron chi connectivity index (χ1n) is 16.3. The molecule has 0 spiro atoms. The summed E-state index contributed by atoms with van der Waals surface area (Å²) in [6.07, 6.45) is 12.2. The van der Waals surface area contributed by atoms with Crippen LogP contribution in [-0.4, -0.2) is 80.5 Å². The third-order valence-corrected chi connectivity index (χ3v) is 10.2. The lowest BCUT2D eigenvalue weighted by Gasteiger charge is -2.39. The quantitative estimate of drug-likeness (QED) is 0.438. The Balaban J connectivity index is 1.02. The molecule has 0 radical (unpaired) electrons. The first-order valence-corrected chi connectivity index (χ1v) is 16.3. The number of carboxylic acid groups (broad SMARTS) is 1. The van der Waals surface area contributed by atoms with E-state index in [0.717, 1.165) is 57.4 Å². The summed E-state index contributed by atoms with van der Waals surface area (Å²) in [7, 11) is 0. The van der Waals surface area contributed by atoms with E-state index in [0.29, 0.717) is 37.4 Å². The summed E-state index contributed by atoms with van der Waals surface area (Å²) in [5.41, 5.74) is 2.70. The highest BCUT2D eigenvalue weighted by Crippen LogP contribution is 2.38. The molecule has 2 aromatic rings. The number of benzene rings is 1. The van der Waals surface area contributed by atoms with E-state index in [9.17, 15) is 19.5 Å². The van der Waals surface area contributed by atoms with Crippen molar-refractivity contribution in [1.29, 1.82) is 0 Å². The van der Waals surface area contributed by atoms with Gasteiger partial charge < -0.3 is 20.2 Å². The van der Waals surface area contributed by atoms with Gasteiger partial charge in [0.1, 0.15) is 5.69 Å². The van der Waals surface area contributed by atoms with Crippen molar-refractivity contribution in [3.05, 3.63) is 65.5 Å². The maximum absolute atomic E-state index is 13.9. The Morgan fingerprint density at radius 3 is 2.23 bits per heavy atom. The molecule has 4 fully saturated rings. The van der Waals surface area contributed by atoms with E-state index >= 15 is 0 Å². The third-order valence-electron chi connectivity index (χ3n) is 10.2. The largest absolute Gasteiger partial charge is 0.481 e. The zero-order valence-corrected chi connectivity index (χ0v) is 25.1. The molecule has 9 nitrogen and oxygen atoms in total. The van der Waals surface area contributed by atoms with Crippen LogP contribution in [0.4, 0.5) is 4.79 Å². The predicted octanol–water partition coefficient (Wildman–Crippen LogP) is 5.23. The number of nitrogens with one attached hydrogen (secondary N) is 1. The number of hydrogen-bond donors (Lipinski definition) is 2. The summed E-state index contributed by atoms with van der Waals surface area (Å²) in [6, 6.07) is 15.3. The number of carbonyl (C=O) groups is 3. The monoisotopic (exact) mass is 587 g/mol. The van der Waals surface area contributed by atoms with E-state index in [1.54, 1.807) is 12.3 Å². The zero-order valence-electron chi connectivity index (χ0n) is 25.1. The molecule has 2 aliphatic heterocycles. The number of pyridine rings is 1. The van der Waals surface area contributed by atoms with Crippen LogP contribution in [0, 0.1) is 5.92 Å². The molecule has 0 bridgehead atoms. The van der Waals surface area contributed by atoms with Crippen molar-refractivity contribution in [2.24, 2.45) is 5.92 Å². The second kappa shape index (κ2) is 13.5. The summed E-state index contributed by atoms with van der Waals surface area (Å²) in [4.78, 5) is 49.1. The average Bonchev–Trinajstić information content (AvgIpc) is 3.39. The molecule has 4 aliphatic rings. The Hall–Kier alpha value is -3.46. The van der Waals surface area contributed by atoms with E-state index in [1.807, 2.05) is 12.1 Å². The zero-order chi connectivity index (χ0) is 29.8. The van der Waals surface area contributed by atoms with Crippen LogP contribution in [0.2, 0.25) is 0 Å². The van der Waals surface area contributed by atoms with Crippen LogP contribution in [0.3, 0.4) is 0 Å². The maximum Gasteiger partial charge on any atom is 0.321 e.